The predicted molar refractivity (Wildman–Crippen MR) is 73.5 cm³/mol. The van der Waals surface area contributed by atoms with Gasteiger partial charge in [0.25, 0.3) is 0 Å². The minimum Gasteiger partial charge on any atom is -0.466 e. The van der Waals surface area contributed by atoms with E-state index in [1.165, 1.54) is 16.7 Å². The van der Waals surface area contributed by atoms with E-state index in [4.69, 9.17) is 10.5 Å². The minimum absolute atomic E-state index is 0.00917. The molecule has 0 spiro atoms. The zero-order valence-electron chi connectivity index (χ0n) is 11.5. The van der Waals surface area contributed by atoms with Crippen LogP contribution in [-0.4, -0.2) is 18.6 Å². The Labute approximate surface area is 109 Å². The van der Waals surface area contributed by atoms with Gasteiger partial charge in [-0.2, -0.15) is 0 Å². The van der Waals surface area contributed by atoms with Crippen LogP contribution >= 0.6 is 0 Å². The van der Waals surface area contributed by atoms with Gasteiger partial charge in [0, 0.05) is 12.5 Å². The van der Waals surface area contributed by atoms with Crippen LogP contribution in [0.4, 0.5) is 0 Å². The topological polar surface area (TPSA) is 52.3 Å². The first kappa shape index (κ1) is 14.7. The average Bonchev–Trinajstić information content (AvgIpc) is 2.32. The third-order valence-electron chi connectivity index (χ3n) is 3.01. The molecule has 0 amide bonds. The van der Waals surface area contributed by atoms with Crippen LogP contribution in [0.2, 0.25) is 0 Å². The van der Waals surface area contributed by atoms with E-state index in [9.17, 15) is 4.79 Å². The van der Waals surface area contributed by atoms with Gasteiger partial charge < -0.3 is 10.5 Å². The van der Waals surface area contributed by atoms with Crippen LogP contribution in [0.15, 0.2) is 18.2 Å². The Kier molecular flexibility index (Phi) is 5.86. The van der Waals surface area contributed by atoms with Crippen LogP contribution in [0.25, 0.3) is 0 Å². The van der Waals surface area contributed by atoms with E-state index in [0.29, 0.717) is 19.4 Å². The van der Waals surface area contributed by atoms with Crippen molar-refractivity contribution in [1.29, 1.82) is 0 Å². The van der Waals surface area contributed by atoms with Crippen LogP contribution in [-0.2, 0) is 16.0 Å². The second-order valence-electron chi connectivity index (χ2n) is 4.74. The van der Waals surface area contributed by atoms with E-state index in [2.05, 4.69) is 32.0 Å². The number of hydrogen-bond acceptors (Lipinski definition) is 3. The number of carbonyl (C=O) groups is 1. The number of esters is 1. The molecule has 0 bridgehead atoms. The molecule has 0 radical (unpaired) electrons. The lowest BCUT2D eigenvalue weighted by atomic mass is 9.97. The highest BCUT2D eigenvalue weighted by atomic mass is 16.5. The lowest BCUT2D eigenvalue weighted by molar-refractivity contribution is -0.143. The van der Waals surface area contributed by atoms with E-state index in [1.807, 2.05) is 6.92 Å². The van der Waals surface area contributed by atoms with Gasteiger partial charge in [0.05, 0.1) is 6.61 Å². The first-order valence-corrected chi connectivity index (χ1v) is 6.50. The van der Waals surface area contributed by atoms with Gasteiger partial charge in [-0.15, -0.1) is 0 Å². The Bertz CT molecular complexity index is 401. The predicted octanol–water partition coefficient (Wildman–Crippen LogP) is 2.52. The van der Waals surface area contributed by atoms with Crippen molar-refractivity contribution in [2.75, 3.05) is 6.61 Å². The molecule has 0 heterocycles. The fourth-order valence-electron chi connectivity index (χ4n) is 1.94. The fraction of sp³-hybridized carbons (Fsp3) is 0.533. The van der Waals surface area contributed by atoms with Crippen LogP contribution < -0.4 is 5.73 Å². The zero-order valence-corrected chi connectivity index (χ0v) is 11.5. The van der Waals surface area contributed by atoms with Crippen LogP contribution in [0.1, 0.15) is 36.5 Å². The van der Waals surface area contributed by atoms with Gasteiger partial charge in [-0.05, 0) is 44.7 Å². The quantitative estimate of drug-likeness (QED) is 0.788. The molecule has 1 unspecified atom stereocenters. The van der Waals surface area contributed by atoms with Gasteiger partial charge >= 0.3 is 5.97 Å². The first-order chi connectivity index (χ1) is 8.52. The van der Waals surface area contributed by atoms with Crippen molar-refractivity contribution in [3.8, 4) is 0 Å². The van der Waals surface area contributed by atoms with Crippen molar-refractivity contribution in [3.63, 3.8) is 0 Å². The molecule has 0 saturated carbocycles. The summed E-state index contributed by atoms with van der Waals surface area (Å²) in [5.74, 6) is -0.158. The van der Waals surface area contributed by atoms with Gasteiger partial charge in [0.2, 0.25) is 0 Å². The normalized spacial score (nSPS) is 12.2. The molecule has 2 N–H and O–H groups in total. The number of ether oxygens (including phenoxy) is 1. The SMILES string of the molecule is CCOC(=O)CCC(N)Cc1cc(C)ccc1C. The number of hydrogen-bond donors (Lipinski definition) is 1. The minimum atomic E-state index is -0.158. The van der Waals surface area contributed by atoms with Crippen molar-refractivity contribution < 1.29 is 9.53 Å². The Morgan fingerprint density at radius 2 is 2.11 bits per heavy atom. The molecule has 0 aliphatic heterocycles. The maximum atomic E-state index is 11.2. The molecule has 0 aromatic heterocycles. The van der Waals surface area contributed by atoms with E-state index in [1.54, 1.807) is 0 Å². The molecular weight excluding hydrogens is 226 g/mol. The molecule has 0 saturated heterocycles. The summed E-state index contributed by atoms with van der Waals surface area (Å²) in [6.07, 6.45) is 1.89. The summed E-state index contributed by atoms with van der Waals surface area (Å²) in [5.41, 5.74) is 9.83. The zero-order chi connectivity index (χ0) is 13.5. The number of aryl methyl sites for hydroxylation is 2. The molecular formula is C15H23NO2. The molecule has 1 aromatic carbocycles. The second-order valence-corrected chi connectivity index (χ2v) is 4.74. The van der Waals surface area contributed by atoms with Crippen molar-refractivity contribution in [1.82, 2.24) is 0 Å². The van der Waals surface area contributed by atoms with E-state index < -0.39 is 0 Å². The summed E-state index contributed by atoms with van der Waals surface area (Å²) < 4.78 is 4.89. The first-order valence-electron chi connectivity index (χ1n) is 6.50. The highest BCUT2D eigenvalue weighted by Crippen LogP contribution is 2.14. The number of carbonyl (C=O) groups excluding carboxylic acids is 1. The lowest BCUT2D eigenvalue weighted by Gasteiger charge is -2.13. The van der Waals surface area contributed by atoms with Crippen molar-refractivity contribution in [2.45, 2.75) is 46.1 Å². The van der Waals surface area contributed by atoms with Crippen molar-refractivity contribution in [3.05, 3.63) is 34.9 Å². The van der Waals surface area contributed by atoms with Gasteiger partial charge in [-0.1, -0.05) is 23.8 Å². The summed E-state index contributed by atoms with van der Waals surface area (Å²) >= 11 is 0. The maximum Gasteiger partial charge on any atom is 0.305 e. The second kappa shape index (κ2) is 7.17. The number of rotatable bonds is 6. The summed E-state index contributed by atoms with van der Waals surface area (Å²) in [6, 6.07) is 6.39. The average molecular weight is 249 g/mol. The number of benzene rings is 1. The van der Waals surface area contributed by atoms with Gasteiger partial charge in [0.1, 0.15) is 0 Å². The number of nitrogens with two attached hydrogens (primary N) is 1. The van der Waals surface area contributed by atoms with Crippen LogP contribution in [0.3, 0.4) is 0 Å². The highest BCUT2D eigenvalue weighted by Gasteiger charge is 2.10. The maximum absolute atomic E-state index is 11.2. The van der Waals surface area contributed by atoms with E-state index in [-0.39, 0.29) is 12.0 Å². The van der Waals surface area contributed by atoms with Crippen LogP contribution in [0.5, 0.6) is 0 Å². The third-order valence-corrected chi connectivity index (χ3v) is 3.01. The molecule has 0 aliphatic rings. The molecule has 1 rings (SSSR count). The van der Waals surface area contributed by atoms with E-state index in [0.717, 1.165) is 6.42 Å². The standard InChI is InChI=1S/C15H23NO2/c1-4-18-15(17)8-7-14(16)10-13-9-11(2)5-6-12(13)3/h5-6,9,14H,4,7-8,10,16H2,1-3H3. The van der Waals surface area contributed by atoms with Gasteiger partial charge in [-0.3, -0.25) is 4.79 Å². The third kappa shape index (κ3) is 4.88. The smallest absolute Gasteiger partial charge is 0.305 e. The fourth-order valence-corrected chi connectivity index (χ4v) is 1.94. The van der Waals surface area contributed by atoms with Gasteiger partial charge in [-0.25, -0.2) is 0 Å². The lowest BCUT2D eigenvalue weighted by Crippen LogP contribution is -2.24. The monoisotopic (exact) mass is 249 g/mol. The molecule has 0 fully saturated rings. The summed E-state index contributed by atoms with van der Waals surface area (Å²) in [5, 5.41) is 0. The molecule has 0 aliphatic carbocycles. The molecule has 100 valence electrons. The van der Waals surface area contributed by atoms with Crippen molar-refractivity contribution >= 4 is 5.97 Å². The van der Waals surface area contributed by atoms with Crippen molar-refractivity contribution in [2.24, 2.45) is 5.73 Å². The Balaban J connectivity index is 2.46. The summed E-state index contributed by atoms with van der Waals surface area (Å²) in [7, 11) is 0. The molecule has 3 nitrogen and oxygen atoms in total. The molecule has 18 heavy (non-hydrogen) atoms. The summed E-state index contributed by atoms with van der Waals surface area (Å²) in [6.45, 7) is 6.42. The Morgan fingerprint density at radius 1 is 1.39 bits per heavy atom. The Morgan fingerprint density at radius 3 is 2.78 bits per heavy atom. The summed E-state index contributed by atoms with van der Waals surface area (Å²) in [4.78, 5) is 11.2. The van der Waals surface area contributed by atoms with E-state index >= 15 is 0 Å². The largest absolute Gasteiger partial charge is 0.466 e. The highest BCUT2D eigenvalue weighted by molar-refractivity contribution is 5.69. The van der Waals surface area contributed by atoms with Crippen LogP contribution in [0, 0.1) is 13.8 Å². The molecule has 3 heteroatoms. The Hall–Kier alpha value is -1.35. The van der Waals surface area contributed by atoms with Gasteiger partial charge in [0.15, 0.2) is 0 Å². The molecule has 1 aromatic rings. The molecule has 1 atom stereocenters.